The molecule has 0 aliphatic heterocycles. The first kappa shape index (κ1) is 14.4. The molecule has 5 heteroatoms. The summed E-state index contributed by atoms with van der Waals surface area (Å²) < 4.78 is 1.01. The first-order valence-electron chi connectivity index (χ1n) is 6.09. The van der Waals surface area contributed by atoms with Crippen molar-refractivity contribution >= 4 is 33.3 Å². The monoisotopic (exact) mass is 334 g/mol. The van der Waals surface area contributed by atoms with Crippen molar-refractivity contribution in [2.75, 3.05) is 11.1 Å². The minimum Gasteiger partial charge on any atom is -0.478 e. The van der Waals surface area contributed by atoms with Gasteiger partial charge in [-0.15, -0.1) is 0 Å². The molecule has 0 spiro atoms. The van der Waals surface area contributed by atoms with Gasteiger partial charge in [0.1, 0.15) is 0 Å². The van der Waals surface area contributed by atoms with E-state index < -0.39 is 5.97 Å². The zero-order valence-electron chi connectivity index (χ0n) is 11.0. The number of carboxylic acids is 1. The molecule has 0 unspecified atom stereocenters. The van der Waals surface area contributed by atoms with Gasteiger partial charge in [0, 0.05) is 22.4 Å². The van der Waals surface area contributed by atoms with Crippen LogP contribution in [0.3, 0.4) is 0 Å². The zero-order valence-corrected chi connectivity index (χ0v) is 12.6. The van der Waals surface area contributed by atoms with Crippen LogP contribution in [0.1, 0.15) is 21.5 Å². The van der Waals surface area contributed by atoms with E-state index in [1.165, 1.54) is 0 Å². The van der Waals surface area contributed by atoms with Gasteiger partial charge < -0.3 is 16.2 Å². The van der Waals surface area contributed by atoms with E-state index in [1.54, 1.807) is 13.0 Å². The summed E-state index contributed by atoms with van der Waals surface area (Å²) in [6, 6.07) is 11.3. The lowest BCUT2D eigenvalue weighted by molar-refractivity contribution is 0.0698. The fourth-order valence-electron chi connectivity index (χ4n) is 1.92. The summed E-state index contributed by atoms with van der Waals surface area (Å²) in [5.41, 5.74) is 8.79. The molecule has 4 N–H and O–H groups in total. The van der Waals surface area contributed by atoms with Gasteiger partial charge in [0.25, 0.3) is 0 Å². The van der Waals surface area contributed by atoms with Gasteiger partial charge in [0.2, 0.25) is 0 Å². The summed E-state index contributed by atoms with van der Waals surface area (Å²) >= 11 is 3.48. The number of aryl methyl sites for hydroxylation is 1. The van der Waals surface area contributed by atoms with Crippen molar-refractivity contribution in [2.24, 2.45) is 0 Å². The molecule has 0 bridgehead atoms. The molecule has 0 saturated carbocycles. The fourth-order valence-corrected chi connectivity index (χ4v) is 2.34. The quantitative estimate of drug-likeness (QED) is 0.746. The van der Waals surface area contributed by atoms with Crippen molar-refractivity contribution in [2.45, 2.75) is 13.5 Å². The molecular formula is C15H15BrN2O2. The molecule has 0 fully saturated rings. The molecule has 2 aromatic rings. The van der Waals surface area contributed by atoms with Crippen LogP contribution in [0.4, 0.5) is 11.4 Å². The minimum atomic E-state index is -1.02. The van der Waals surface area contributed by atoms with E-state index in [-0.39, 0.29) is 5.56 Å². The molecule has 0 saturated heterocycles. The third-order valence-corrected chi connectivity index (χ3v) is 3.83. The maximum Gasteiger partial charge on any atom is 0.337 e. The molecule has 0 heterocycles. The molecule has 2 aromatic carbocycles. The maximum atomic E-state index is 11.1. The van der Waals surface area contributed by atoms with Gasteiger partial charge in [0.05, 0.1) is 5.56 Å². The highest BCUT2D eigenvalue weighted by Gasteiger charge is 2.11. The maximum absolute atomic E-state index is 11.1. The Bertz CT molecular complexity index is 656. The largest absolute Gasteiger partial charge is 0.478 e. The van der Waals surface area contributed by atoms with E-state index in [0.717, 1.165) is 21.3 Å². The number of benzene rings is 2. The summed E-state index contributed by atoms with van der Waals surface area (Å²) in [7, 11) is 0. The van der Waals surface area contributed by atoms with E-state index in [4.69, 9.17) is 10.8 Å². The molecule has 104 valence electrons. The number of anilines is 2. The second-order valence-corrected chi connectivity index (χ2v) is 5.36. The van der Waals surface area contributed by atoms with Crippen LogP contribution >= 0.6 is 15.9 Å². The summed E-state index contributed by atoms with van der Waals surface area (Å²) in [5.74, 6) is -1.02. The first-order valence-corrected chi connectivity index (χ1v) is 6.89. The standard InChI is InChI=1S/C15H15BrN2O2/c1-9-6-11(7-12(14(9)17)15(19)20)18-8-10-4-2-3-5-13(10)16/h2-7,18H,8,17H2,1H3,(H,19,20). The van der Waals surface area contributed by atoms with E-state index in [2.05, 4.69) is 21.2 Å². The van der Waals surface area contributed by atoms with Crippen LogP contribution in [0, 0.1) is 6.92 Å². The zero-order chi connectivity index (χ0) is 14.7. The number of carboxylic acid groups (broad SMARTS) is 1. The number of nitrogens with one attached hydrogen (secondary N) is 1. The number of nitrogens with two attached hydrogens (primary N) is 1. The first-order chi connectivity index (χ1) is 9.49. The molecule has 0 radical (unpaired) electrons. The van der Waals surface area contributed by atoms with Crippen LogP contribution in [0.2, 0.25) is 0 Å². The van der Waals surface area contributed by atoms with Crippen LogP contribution in [0.25, 0.3) is 0 Å². The summed E-state index contributed by atoms with van der Waals surface area (Å²) in [4.78, 5) is 11.1. The molecule has 0 amide bonds. The number of halogens is 1. The predicted octanol–water partition coefficient (Wildman–Crippen LogP) is 3.65. The Labute approximate surface area is 125 Å². The van der Waals surface area contributed by atoms with Gasteiger partial charge >= 0.3 is 5.97 Å². The summed E-state index contributed by atoms with van der Waals surface area (Å²) in [6.45, 7) is 2.40. The van der Waals surface area contributed by atoms with Crippen LogP contribution in [-0.2, 0) is 6.54 Å². The van der Waals surface area contributed by atoms with Crippen LogP contribution in [0.15, 0.2) is 40.9 Å². The molecule has 0 atom stereocenters. The molecule has 0 aromatic heterocycles. The van der Waals surface area contributed by atoms with Gasteiger partial charge in [0.15, 0.2) is 0 Å². The smallest absolute Gasteiger partial charge is 0.337 e. The Kier molecular flexibility index (Phi) is 4.29. The topological polar surface area (TPSA) is 75.3 Å². The van der Waals surface area contributed by atoms with E-state index >= 15 is 0 Å². The van der Waals surface area contributed by atoms with Gasteiger partial charge in [-0.1, -0.05) is 34.1 Å². The highest BCUT2D eigenvalue weighted by atomic mass is 79.9. The predicted molar refractivity (Wildman–Crippen MR) is 84.0 cm³/mol. The highest BCUT2D eigenvalue weighted by Crippen LogP contribution is 2.24. The van der Waals surface area contributed by atoms with Crippen LogP contribution in [0.5, 0.6) is 0 Å². The van der Waals surface area contributed by atoms with Gasteiger partial charge in [-0.2, -0.15) is 0 Å². The number of hydrogen-bond donors (Lipinski definition) is 3. The third-order valence-electron chi connectivity index (χ3n) is 3.06. The normalized spacial score (nSPS) is 10.3. The number of rotatable bonds is 4. The van der Waals surface area contributed by atoms with Gasteiger partial charge in [-0.3, -0.25) is 0 Å². The van der Waals surface area contributed by atoms with Gasteiger partial charge in [-0.25, -0.2) is 4.79 Å². The summed E-state index contributed by atoms with van der Waals surface area (Å²) in [6.07, 6.45) is 0. The van der Waals surface area contributed by atoms with Crippen molar-refractivity contribution in [3.63, 3.8) is 0 Å². The average Bonchev–Trinajstić information content (AvgIpc) is 2.41. The van der Waals surface area contributed by atoms with Crippen molar-refractivity contribution in [1.29, 1.82) is 0 Å². The van der Waals surface area contributed by atoms with E-state index in [0.29, 0.717) is 12.2 Å². The summed E-state index contributed by atoms with van der Waals surface area (Å²) in [5, 5.41) is 12.3. The lowest BCUT2D eigenvalue weighted by Crippen LogP contribution is -2.07. The number of hydrogen-bond acceptors (Lipinski definition) is 3. The lowest BCUT2D eigenvalue weighted by Gasteiger charge is -2.12. The lowest BCUT2D eigenvalue weighted by atomic mass is 10.1. The molecule has 20 heavy (non-hydrogen) atoms. The third kappa shape index (κ3) is 3.11. The van der Waals surface area contributed by atoms with Crippen molar-refractivity contribution in [1.82, 2.24) is 0 Å². The second kappa shape index (κ2) is 5.96. The minimum absolute atomic E-state index is 0.125. The van der Waals surface area contributed by atoms with Crippen molar-refractivity contribution < 1.29 is 9.90 Å². The molecule has 0 aliphatic rings. The second-order valence-electron chi connectivity index (χ2n) is 4.50. The van der Waals surface area contributed by atoms with Crippen LogP contribution < -0.4 is 11.1 Å². The fraction of sp³-hybridized carbons (Fsp3) is 0.133. The number of nitrogen functional groups attached to an aromatic ring is 1. The molecular weight excluding hydrogens is 320 g/mol. The van der Waals surface area contributed by atoms with Crippen molar-refractivity contribution in [3.8, 4) is 0 Å². The van der Waals surface area contributed by atoms with E-state index in [9.17, 15) is 4.79 Å². The number of aromatic carboxylic acids is 1. The molecule has 0 aliphatic carbocycles. The van der Waals surface area contributed by atoms with Crippen LogP contribution in [-0.4, -0.2) is 11.1 Å². The Morgan fingerprint density at radius 1 is 1.35 bits per heavy atom. The molecule has 4 nitrogen and oxygen atoms in total. The Morgan fingerprint density at radius 3 is 2.70 bits per heavy atom. The highest BCUT2D eigenvalue weighted by molar-refractivity contribution is 9.10. The van der Waals surface area contributed by atoms with E-state index in [1.807, 2.05) is 30.3 Å². The van der Waals surface area contributed by atoms with Crippen molar-refractivity contribution in [3.05, 3.63) is 57.6 Å². The number of carbonyl (C=O) groups is 1. The average molecular weight is 335 g/mol. The SMILES string of the molecule is Cc1cc(NCc2ccccc2Br)cc(C(=O)O)c1N. The van der Waals surface area contributed by atoms with Gasteiger partial charge in [-0.05, 0) is 36.2 Å². The Morgan fingerprint density at radius 2 is 2.05 bits per heavy atom. The molecule has 2 rings (SSSR count). The Hall–Kier alpha value is -2.01. The Balaban J connectivity index is 2.22.